The molecule has 0 amide bonds. The maximum absolute atomic E-state index is 12.5. The fourth-order valence-corrected chi connectivity index (χ4v) is 3.67. The third-order valence-corrected chi connectivity index (χ3v) is 5.07. The summed E-state index contributed by atoms with van der Waals surface area (Å²) in [4.78, 5) is 28.8. The summed E-state index contributed by atoms with van der Waals surface area (Å²) in [6.07, 6.45) is 10.4. The molecule has 1 aliphatic carbocycles. The van der Waals surface area contributed by atoms with E-state index in [2.05, 4.69) is 17.0 Å². The van der Waals surface area contributed by atoms with Gasteiger partial charge in [-0.1, -0.05) is 37.2 Å². The maximum Gasteiger partial charge on any atom is 0.283 e. The molecule has 0 atom stereocenters. The van der Waals surface area contributed by atoms with Gasteiger partial charge in [-0.2, -0.15) is 14.6 Å². The second kappa shape index (κ2) is 8.30. The molecule has 0 unspecified atom stereocenters. The number of carbonyl (C=O) groups excluding carboxylic acids is 1. The molecular weight excluding hydrogens is 364 g/mol. The molecule has 0 aliphatic heterocycles. The molecule has 142 valence electrons. The molecule has 2 aromatic heterocycles. The van der Waals surface area contributed by atoms with E-state index in [4.69, 9.17) is 10.5 Å². The van der Waals surface area contributed by atoms with Crippen LogP contribution in [0.2, 0.25) is 0 Å². The Kier molecular flexibility index (Phi) is 5.85. The monoisotopic (exact) mass is 386 g/mol. The highest BCUT2D eigenvalue weighted by atomic mass is 32.1. The number of nitrogens with two attached hydrogens (primary N) is 1. The lowest BCUT2D eigenvalue weighted by Crippen LogP contribution is -2.17. The zero-order chi connectivity index (χ0) is 19.4. The van der Waals surface area contributed by atoms with Crippen molar-refractivity contribution in [2.24, 2.45) is 0 Å². The first kappa shape index (κ1) is 19.0. The summed E-state index contributed by atoms with van der Waals surface area (Å²) in [5.41, 5.74) is 6.68. The molecule has 0 radical (unpaired) electrons. The highest BCUT2D eigenvalue weighted by molar-refractivity contribution is 7.16. The Balaban J connectivity index is 1.98. The topological polar surface area (TPSA) is 99.6 Å². The largest absolute Gasteiger partial charge is 0.490 e. The minimum Gasteiger partial charge on any atom is -0.490 e. The summed E-state index contributed by atoms with van der Waals surface area (Å²) in [5, 5.41) is 5.41. The third-order valence-electron chi connectivity index (χ3n) is 4.11. The number of nitrogens with zero attached hydrogens (tertiary/aromatic N) is 3. The first-order valence-electron chi connectivity index (χ1n) is 9.00. The highest BCUT2D eigenvalue weighted by Crippen LogP contribution is 2.22. The van der Waals surface area contributed by atoms with Gasteiger partial charge in [0.15, 0.2) is 5.76 Å². The van der Waals surface area contributed by atoms with Crippen molar-refractivity contribution < 1.29 is 9.53 Å². The standard InChI is InChI=1S/C19H22N4O3S/c1-3-5-6-7-16-22-23-17(20)13(18(25)21-19(23)27-16)10-12-8-9-14(24)15(11-12)26-4-2/h8-11H,3-7,20H2,1-2H3/b12-10+. The molecule has 0 fully saturated rings. The Hall–Kier alpha value is -2.74. The number of hydrogen-bond donors (Lipinski definition) is 1. The number of nitrogen functional groups attached to an aromatic ring is 1. The predicted octanol–water partition coefficient (Wildman–Crippen LogP) is 2.91. The maximum atomic E-state index is 12.5. The van der Waals surface area contributed by atoms with Gasteiger partial charge in [-0.05, 0) is 37.1 Å². The number of anilines is 1. The molecule has 7 nitrogen and oxygen atoms in total. The van der Waals surface area contributed by atoms with Crippen molar-refractivity contribution in [1.29, 1.82) is 0 Å². The number of allylic oxidation sites excluding steroid dienone is 4. The average Bonchev–Trinajstić information content (AvgIpc) is 3.04. The minimum absolute atomic E-state index is 0.205. The van der Waals surface area contributed by atoms with Gasteiger partial charge in [-0.3, -0.25) is 9.59 Å². The molecular formula is C19H22N4O3S. The summed E-state index contributed by atoms with van der Waals surface area (Å²) < 4.78 is 6.84. The van der Waals surface area contributed by atoms with Gasteiger partial charge in [0.1, 0.15) is 10.8 Å². The Bertz CT molecular complexity index is 1010. The zero-order valence-electron chi connectivity index (χ0n) is 15.4. The summed E-state index contributed by atoms with van der Waals surface area (Å²) in [5.74, 6) is 0.279. The van der Waals surface area contributed by atoms with E-state index in [-0.39, 0.29) is 22.9 Å². The van der Waals surface area contributed by atoms with Crippen LogP contribution < -0.4 is 11.3 Å². The molecule has 0 saturated heterocycles. The van der Waals surface area contributed by atoms with Gasteiger partial charge in [0.05, 0.1) is 12.2 Å². The predicted molar refractivity (Wildman–Crippen MR) is 107 cm³/mol. The van der Waals surface area contributed by atoms with Crippen LogP contribution in [0.3, 0.4) is 0 Å². The number of fused-ring (bicyclic) bond motifs is 1. The number of hydrogen-bond acceptors (Lipinski definition) is 7. The number of aromatic nitrogens is 3. The lowest BCUT2D eigenvalue weighted by molar-refractivity contribution is -0.114. The number of ether oxygens (including phenoxy) is 1. The van der Waals surface area contributed by atoms with E-state index in [0.717, 1.165) is 30.7 Å². The fraction of sp³-hybridized carbons (Fsp3) is 0.368. The van der Waals surface area contributed by atoms with Crippen molar-refractivity contribution in [3.8, 4) is 0 Å². The van der Waals surface area contributed by atoms with Crippen molar-refractivity contribution >= 4 is 34.0 Å². The quantitative estimate of drug-likeness (QED) is 0.735. The molecule has 2 N–H and O–H groups in total. The van der Waals surface area contributed by atoms with E-state index in [9.17, 15) is 9.59 Å². The van der Waals surface area contributed by atoms with Crippen molar-refractivity contribution in [1.82, 2.24) is 14.6 Å². The van der Waals surface area contributed by atoms with Gasteiger partial charge in [0.2, 0.25) is 10.7 Å². The summed E-state index contributed by atoms with van der Waals surface area (Å²) in [6, 6.07) is 0. The van der Waals surface area contributed by atoms with Crippen molar-refractivity contribution in [3.05, 3.63) is 50.5 Å². The van der Waals surface area contributed by atoms with E-state index < -0.39 is 5.56 Å². The van der Waals surface area contributed by atoms with Crippen LogP contribution in [0.25, 0.3) is 11.0 Å². The number of rotatable bonds is 7. The Morgan fingerprint density at radius 1 is 1.26 bits per heavy atom. The second-order valence-electron chi connectivity index (χ2n) is 6.15. The van der Waals surface area contributed by atoms with Crippen LogP contribution in [0.1, 0.15) is 43.7 Å². The van der Waals surface area contributed by atoms with Crippen LogP contribution in [0.5, 0.6) is 0 Å². The lowest BCUT2D eigenvalue weighted by Gasteiger charge is -2.10. The van der Waals surface area contributed by atoms with E-state index >= 15 is 0 Å². The van der Waals surface area contributed by atoms with Gasteiger partial charge >= 0.3 is 0 Å². The number of carbonyl (C=O) groups is 1. The van der Waals surface area contributed by atoms with E-state index in [1.165, 1.54) is 21.9 Å². The molecule has 0 aromatic carbocycles. The number of aryl methyl sites for hydroxylation is 1. The van der Waals surface area contributed by atoms with Crippen LogP contribution in [0.15, 0.2) is 34.4 Å². The van der Waals surface area contributed by atoms with Crippen LogP contribution in [0.4, 0.5) is 5.82 Å². The summed E-state index contributed by atoms with van der Waals surface area (Å²) in [7, 11) is 0. The van der Waals surface area contributed by atoms with Crippen LogP contribution in [0, 0.1) is 0 Å². The molecule has 0 bridgehead atoms. The molecule has 1 aliphatic rings. The normalized spacial score (nSPS) is 15.6. The fourth-order valence-electron chi connectivity index (χ4n) is 2.73. The number of ketones is 1. The van der Waals surface area contributed by atoms with Crippen molar-refractivity contribution in [2.75, 3.05) is 12.3 Å². The van der Waals surface area contributed by atoms with E-state index in [0.29, 0.717) is 17.1 Å². The van der Waals surface area contributed by atoms with Gasteiger partial charge in [-0.25, -0.2) is 0 Å². The first-order chi connectivity index (χ1) is 13.0. The van der Waals surface area contributed by atoms with Gasteiger partial charge in [0.25, 0.3) is 5.56 Å². The van der Waals surface area contributed by atoms with Gasteiger partial charge in [-0.15, -0.1) is 0 Å². The van der Waals surface area contributed by atoms with Crippen LogP contribution >= 0.6 is 11.3 Å². The number of unbranched alkanes of at least 4 members (excludes halogenated alkanes) is 2. The van der Waals surface area contributed by atoms with Gasteiger partial charge < -0.3 is 10.5 Å². The lowest BCUT2D eigenvalue weighted by atomic mass is 10.0. The Morgan fingerprint density at radius 3 is 2.81 bits per heavy atom. The van der Waals surface area contributed by atoms with Gasteiger partial charge in [0, 0.05) is 6.42 Å². The highest BCUT2D eigenvalue weighted by Gasteiger charge is 2.16. The van der Waals surface area contributed by atoms with E-state index in [1.54, 1.807) is 25.2 Å². The minimum atomic E-state index is -0.416. The average molecular weight is 386 g/mol. The van der Waals surface area contributed by atoms with Crippen LogP contribution in [-0.2, 0) is 16.0 Å². The smallest absolute Gasteiger partial charge is 0.283 e. The third kappa shape index (κ3) is 4.16. The summed E-state index contributed by atoms with van der Waals surface area (Å²) >= 11 is 1.39. The molecule has 8 heteroatoms. The molecule has 0 spiro atoms. The van der Waals surface area contributed by atoms with E-state index in [1.807, 2.05) is 0 Å². The Labute approximate surface area is 160 Å². The molecule has 2 heterocycles. The SMILES string of the molecule is CCCCCc1nn2c(N)c(/C=C3\C=CC(=O)C(OCC)=C3)c(=O)nc2s1. The summed E-state index contributed by atoms with van der Waals surface area (Å²) in [6.45, 7) is 4.34. The van der Waals surface area contributed by atoms with Crippen molar-refractivity contribution in [3.63, 3.8) is 0 Å². The Morgan fingerprint density at radius 2 is 2.07 bits per heavy atom. The molecule has 2 aromatic rings. The second-order valence-corrected chi connectivity index (χ2v) is 7.19. The van der Waals surface area contributed by atoms with Crippen molar-refractivity contribution in [2.45, 2.75) is 39.5 Å². The first-order valence-corrected chi connectivity index (χ1v) is 9.82. The van der Waals surface area contributed by atoms with Crippen LogP contribution in [-0.4, -0.2) is 27.0 Å². The molecule has 0 saturated carbocycles. The molecule has 27 heavy (non-hydrogen) atoms. The zero-order valence-corrected chi connectivity index (χ0v) is 16.2. The molecule has 3 rings (SSSR count).